The van der Waals surface area contributed by atoms with Crippen molar-refractivity contribution in [3.05, 3.63) is 6.61 Å². The lowest BCUT2D eigenvalue weighted by molar-refractivity contribution is -0.0704. The number of hydrogen-bond donors (Lipinski definition) is 0. The third kappa shape index (κ3) is 8.97. The molecular weight excluding hydrogens is 208 g/mol. The molecule has 0 N–H and O–H groups in total. The summed E-state index contributed by atoms with van der Waals surface area (Å²) in [4.78, 5) is 0. The smallest absolute Gasteiger partial charge is 0.224 e. The lowest BCUT2D eigenvalue weighted by Crippen LogP contribution is -2.26. The van der Waals surface area contributed by atoms with Gasteiger partial charge in [-0.05, 0) is 20.8 Å². The molecule has 0 unspecified atom stereocenters. The van der Waals surface area contributed by atoms with Crippen LogP contribution in [0, 0.1) is 6.61 Å². The van der Waals surface area contributed by atoms with Crippen molar-refractivity contribution in [2.75, 3.05) is 26.9 Å². The summed E-state index contributed by atoms with van der Waals surface area (Å²) in [6.45, 7) is 11.2. The molecule has 0 aliphatic rings. The molecule has 0 aromatic carbocycles. The van der Waals surface area contributed by atoms with Gasteiger partial charge in [0.15, 0.2) is 0 Å². The number of ether oxygens (including phenoxy) is 4. The maximum Gasteiger partial charge on any atom is 0.224 e. The highest BCUT2D eigenvalue weighted by molar-refractivity contribution is 4.55. The minimum absolute atomic E-state index is 0.0747. The molecule has 3 atom stereocenters. The van der Waals surface area contributed by atoms with Crippen LogP contribution in [-0.2, 0) is 18.9 Å². The predicted molar refractivity (Wildman–Crippen MR) is 63.2 cm³/mol. The molecule has 0 bridgehead atoms. The number of hydrogen-bond acceptors (Lipinski definition) is 4. The molecule has 0 spiro atoms. The van der Waals surface area contributed by atoms with Gasteiger partial charge in [0.25, 0.3) is 0 Å². The zero-order chi connectivity index (χ0) is 12.4. The quantitative estimate of drug-likeness (QED) is 0.541. The van der Waals surface area contributed by atoms with Gasteiger partial charge in [-0.3, -0.25) is 0 Å². The van der Waals surface area contributed by atoms with E-state index in [1.54, 1.807) is 13.7 Å². The molecular formula is C12H25O4+. The summed E-state index contributed by atoms with van der Waals surface area (Å²) in [6, 6.07) is 0. The van der Waals surface area contributed by atoms with Gasteiger partial charge in [-0.1, -0.05) is 0 Å². The predicted octanol–water partition coefficient (Wildman–Crippen LogP) is 2.03. The molecule has 0 saturated heterocycles. The second-order valence-corrected chi connectivity index (χ2v) is 3.90. The van der Waals surface area contributed by atoms with Crippen molar-refractivity contribution >= 4 is 0 Å². The van der Waals surface area contributed by atoms with Crippen LogP contribution in [0.4, 0.5) is 0 Å². The molecule has 0 fully saturated rings. The fourth-order valence-electron chi connectivity index (χ4n) is 0.996. The Hall–Kier alpha value is -0.290. The van der Waals surface area contributed by atoms with Crippen LogP contribution in [0.15, 0.2) is 0 Å². The Bertz CT molecular complexity index is 152. The Balaban J connectivity index is 3.45. The largest absolute Gasteiger partial charge is 0.379 e. The first-order valence-corrected chi connectivity index (χ1v) is 5.75. The van der Waals surface area contributed by atoms with Crippen molar-refractivity contribution in [3.8, 4) is 0 Å². The van der Waals surface area contributed by atoms with Crippen LogP contribution >= 0.6 is 0 Å². The lowest BCUT2D eigenvalue weighted by atomic mass is 10.4. The monoisotopic (exact) mass is 233 g/mol. The highest BCUT2D eigenvalue weighted by atomic mass is 16.6. The zero-order valence-electron chi connectivity index (χ0n) is 11.1. The summed E-state index contributed by atoms with van der Waals surface area (Å²) in [5.74, 6) is 0. The van der Waals surface area contributed by atoms with Crippen LogP contribution in [0.25, 0.3) is 0 Å². The molecule has 0 aliphatic heterocycles. The Morgan fingerprint density at radius 3 is 1.88 bits per heavy atom. The topological polar surface area (TPSA) is 36.9 Å². The van der Waals surface area contributed by atoms with Gasteiger partial charge in [0.05, 0.1) is 31.5 Å². The SMILES string of the molecule is C[CH+]OC[C@@H](C)OC[C@@H](C)OC[C@H](C)OC. The van der Waals surface area contributed by atoms with E-state index in [0.717, 1.165) is 0 Å². The van der Waals surface area contributed by atoms with Crippen LogP contribution in [0.1, 0.15) is 27.7 Å². The average Bonchev–Trinajstić information content (AvgIpc) is 2.30. The molecule has 0 amide bonds. The summed E-state index contributed by atoms with van der Waals surface area (Å²) in [5, 5.41) is 0. The van der Waals surface area contributed by atoms with Gasteiger partial charge in [0, 0.05) is 7.11 Å². The molecule has 0 aromatic heterocycles. The van der Waals surface area contributed by atoms with Crippen molar-refractivity contribution in [2.24, 2.45) is 0 Å². The van der Waals surface area contributed by atoms with E-state index < -0.39 is 0 Å². The summed E-state index contributed by atoms with van der Waals surface area (Å²) >= 11 is 0. The van der Waals surface area contributed by atoms with Gasteiger partial charge in [0.1, 0.15) is 13.5 Å². The molecule has 0 aliphatic carbocycles. The van der Waals surface area contributed by atoms with Crippen molar-refractivity contribution in [1.29, 1.82) is 0 Å². The van der Waals surface area contributed by atoms with E-state index in [4.69, 9.17) is 18.9 Å². The number of rotatable bonds is 10. The van der Waals surface area contributed by atoms with E-state index in [2.05, 4.69) is 0 Å². The van der Waals surface area contributed by atoms with Gasteiger partial charge in [-0.2, -0.15) is 4.74 Å². The first kappa shape index (κ1) is 15.7. The normalized spacial score (nSPS) is 16.8. The molecule has 0 rings (SSSR count). The minimum Gasteiger partial charge on any atom is -0.379 e. The Morgan fingerprint density at radius 2 is 1.38 bits per heavy atom. The van der Waals surface area contributed by atoms with Crippen LogP contribution in [0.2, 0.25) is 0 Å². The number of methoxy groups -OCH3 is 1. The molecule has 4 nitrogen and oxygen atoms in total. The van der Waals surface area contributed by atoms with Crippen molar-refractivity contribution in [2.45, 2.75) is 46.0 Å². The average molecular weight is 233 g/mol. The second-order valence-electron chi connectivity index (χ2n) is 3.90. The van der Waals surface area contributed by atoms with Crippen molar-refractivity contribution < 1.29 is 18.9 Å². The fraction of sp³-hybridized carbons (Fsp3) is 0.917. The van der Waals surface area contributed by atoms with Gasteiger partial charge >= 0.3 is 0 Å². The third-order valence-corrected chi connectivity index (χ3v) is 2.13. The van der Waals surface area contributed by atoms with Crippen molar-refractivity contribution in [1.82, 2.24) is 0 Å². The second kappa shape index (κ2) is 9.90. The zero-order valence-corrected chi connectivity index (χ0v) is 11.1. The highest BCUT2D eigenvalue weighted by Gasteiger charge is 2.10. The van der Waals surface area contributed by atoms with Crippen LogP contribution < -0.4 is 0 Å². The van der Waals surface area contributed by atoms with E-state index in [1.165, 1.54) is 0 Å². The molecule has 0 saturated carbocycles. The Morgan fingerprint density at radius 1 is 0.875 bits per heavy atom. The lowest BCUT2D eigenvalue weighted by Gasteiger charge is -2.18. The van der Waals surface area contributed by atoms with Crippen LogP contribution in [0.5, 0.6) is 0 Å². The Labute approximate surface area is 99.2 Å². The summed E-state index contributed by atoms with van der Waals surface area (Å²) in [6.07, 6.45) is 0.283. The summed E-state index contributed by atoms with van der Waals surface area (Å²) in [7, 11) is 1.68. The Kier molecular flexibility index (Phi) is 9.72. The molecule has 0 aromatic rings. The van der Waals surface area contributed by atoms with Gasteiger partial charge in [-0.15, -0.1) is 0 Å². The first-order chi connectivity index (χ1) is 7.60. The maximum absolute atomic E-state index is 5.56. The van der Waals surface area contributed by atoms with Gasteiger partial charge in [0.2, 0.25) is 6.61 Å². The van der Waals surface area contributed by atoms with Crippen molar-refractivity contribution in [3.63, 3.8) is 0 Å². The van der Waals surface area contributed by atoms with Gasteiger partial charge < -0.3 is 14.2 Å². The summed E-state index contributed by atoms with van der Waals surface area (Å²) in [5.41, 5.74) is 0. The van der Waals surface area contributed by atoms with Gasteiger partial charge in [-0.25, -0.2) is 0 Å². The van der Waals surface area contributed by atoms with E-state index in [0.29, 0.717) is 19.8 Å². The van der Waals surface area contributed by atoms with Crippen LogP contribution in [0.3, 0.4) is 0 Å². The minimum atomic E-state index is 0.0747. The molecule has 96 valence electrons. The molecule has 0 heterocycles. The third-order valence-electron chi connectivity index (χ3n) is 2.13. The van der Waals surface area contributed by atoms with E-state index in [1.807, 2.05) is 27.7 Å². The summed E-state index contributed by atoms with van der Waals surface area (Å²) < 4.78 is 21.3. The standard InChI is InChI=1S/C12H25O4/c1-6-14-7-11(3)16-9-12(4)15-8-10(2)13-5/h6,10-12H,7-9H2,1-5H3/q+1/t10-,11+,12+/m0/s1. The van der Waals surface area contributed by atoms with E-state index in [-0.39, 0.29) is 18.3 Å². The van der Waals surface area contributed by atoms with E-state index >= 15 is 0 Å². The van der Waals surface area contributed by atoms with Crippen LogP contribution in [-0.4, -0.2) is 45.2 Å². The molecule has 16 heavy (non-hydrogen) atoms. The molecule has 0 radical (unpaired) electrons. The maximum atomic E-state index is 5.56. The van der Waals surface area contributed by atoms with E-state index in [9.17, 15) is 0 Å². The molecule has 4 heteroatoms. The fourth-order valence-corrected chi connectivity index (χ4v) is 0.996. The highest BCUT2D eigenvalue weighted by Crippen LogP contribution is 2.00. The first-order valence-electron chi connectivity index (χ1n) is 5.75.